The van der Waals surface area contributed by atoms with Gasteiger partial charge in [-0.05, 0) is 53.2 Å². The van der Waals surface area contributed by atoms with Crippen LogP contribution in [0.3, 0.4) is 0 Å². The quantitative estimate of drug-likeness (QED) is 0.736. The molecule has 0 unspecified atom stereocenters. The van der Waals surface area contributed by atoms with Gasteiger partial charge >= 0.3 is 0 Å². The predicted molar refractivity (Wildman–Crippen MR) is 86.9 cm³/mol. The van der Waals surface area contributed by atoms with Gasteiger partial charge in [-0.3, -0.25) is 14.2 Å². The van der Waals surface area contributed by atoms with E-state index in [0.717, 1.165) is 0 Å². The number of rotatable bonds is 5. The number of aryl methyl sites for hydroxylation is 1. The van der Waals surface area contributed by atoms with Crippen LogP contribution in [0.2, 0.25) is 0 Å². The van der Waals surface area contributed by atoms with Gasteiger partial charge in [0.2, 0.25) is 0 Å². The number of halogens is 1. The normalized spacial score (nSPS) is 10.6. The molecule has 0 radical (unpaired) electrons. The van der Waals surface area contributed by atoms with Gasteiger partial charge in [0.25, 0.3) is 11.5 Å². The van der Waals surface area contributed by atoms with Crippen molar-refractivity contribution in [1.29, 1.82) is 0 Å². The van der Waals surface area contributed by atoms with Crippen LogP contribution in [-0.2, 0) is 6.54 Å². The summed E-state index contributed by atoms with van der Waals surface area (Å²) in [5.74, 6) is -0.878. The highest BCUT2D eigenvalue weighted by Crippen LogP contribution is 2.09. The Balaban J connectivity index is 1.82. The fraction of sp³-hybridized carbons (Fsp3) is 0.188. The maximum atomic E-state index is 13.1. The second-order valence-corrected chi connectivity index (χ2v) is 5.35. The first-order valence-corrected chi connectivity index (χ1v) is 7.53. The van der Waals surface area contributed by atoms with Crippen molar-refractivity contribution < 1.29 is 9.18 Å². The van der Waals surface area contributed by atoms with Crippen LogP contribution in [0.5, 0.6) is 0 Å². The number of pyridine rings is 1. The second kappa shape index (κ2) is 7.04. The molecule has 0 bridgehead atoms. The van der Waals surface area contributed by atoms with Crippen molar-refractivity contribution in [2.24, 2.45) is 0 Å². The van der Waals surface area contributed by atoms with Gasteiger partial charge in [0.05, 0.1) is 6.54 Å². The van der Waals surface area contributed by atoms with Crippen LogP contribution < -0.4 is 10.9 Å². The lowest BCUT2D eigenvalue weighted by Crippen LogP contribution is -2.35. The van der Waals surface area contributed by atoms with Crippen molar-refractivity contribution >= 4 is 5.91 Å². The molecule has 2 aromatic heterocycles. The lowest BCUT2D eigenvalue weighted by Gasteiger charge is -2.11. The molecular formula is C16H15FN6O2. The van der Waals surface area contributed by atoms with Crippen molar-refractivity contribution in [3.05, 3.63) is 70.2 Å². The van der Waals surface area contributed by atoms with Crippen molar-refractivity contribution in [3.63, 3.8) is 0 Å². The van der Waals surface area contributed by atoms with E-state index in [1.807, 2.05) is 0 Å². The molecule has 0 saturated heterocycles. The fourth-order valence-electron chi connectivity index (χ4n) is 2.36. The summed E-state index contributed by atoms with van der Waals surface area (Å²) in [4.78, 5) is 25.1. The maximum Gasteiger partial charge on any atom is 0.268 e. The summed E-state index contributed by atoms with van der Waals surface area (Å²) in [6.45, 7) is 2.34. The van der Waals surface area contributed by atoms with E-state index in [1.54, 1.807) is 19.2 Å². The van der Waals surface area contributed by atoms with E-state index >= 15 is 0 Å². The summed E-state index contributed by atoms with van der Waals surface area (Å²) < 4.78 is 15.8. The van der Waals surface area contributed by atoms with Crippen molar-refractivity contribution in [1.82, 2.24) is 30.1 Å². The Kier molecular flexibility index (Phi) is 4.64. The Morgan fingerprint density at radius 2 is 2.00 bits per heavy atom. The highest BCUT2D eigenvalue weighted by molar-refractivity contribution is 5.95. The summed E-state index contributed by atoms with van der Waals surface area (Å²) in [5.41, 5.74) is 0.618. The van der Waals surface area contributed by atoms with Gasteiger partial charge in [0.1, 0.15) is 17.7 Å². The Morgan fingerprint density at radius 3 is 2.68 bits per heavy atom. The van der Waals surface area contributed by atoms with Crippen LogP contribution in [0.15, 0.2) is 47.7 Å². The SMILES string of the molecule is Cc1ccn(-c2ccc(F)cc2)c(=O)c1C(=O)NCCn1cnnn1. The van der Waals surface area contributed by atoms with Crippen molar-refractivity contribution in [3.8, 4) is 5.69 Å². The van der Waals surface area contributed by atoms with Crippen LogP contribution >= 0.6 is 0 Å². The third-order valence-electron chi connectivity index (χ3n) is 3.65. The minimum absolute atomic E-state index is 0.0449. The molecule has 0 aliphatic rings. The first kappa shape index (κ1) is 16.5. The van der Waals surface area contributed by atoms with Gasteiger partial charge in [-0.25, -0.2) is 9.07 Å². The Morgan fingerprint density at radius 1 is 1.24 bits per heavy atom. The average Bonchev–Trinajstić information content (AvgIpc) is 3.09. The molecule has 0 atom stereocenters. The molecule has 3 rings (SSSR count). The van der Waals surface area contributed by atoms with Crippen LogP contribution in [0.4, 0.5) is 4.39 Å². The van der Waals surface area contributed by atoms with Gasteiger partial charge in [-0.1, -0.05) is 0 Å². The van der Waals surface area contributed by atoms with E-state index < -0.39 is 17.3 Å². The topological polar surface area (TPSA) is 94.7 Å². The average molecular weight is 342 g/mol. The van der Waals surface area contributed by atoms with E-state index in [1.165, 1.54) is 39.8 Å². The third kappa shape index (κ3) is 3.60. The number of tetrazole rings is 1. The number of aromatic nitrogens is 5. The molecule has 2 heterocycles. The minimum Gasteiger partial charge on any atom is -0.350 e. The number of carbonyl (C=O) groups excluding carboxylic acids is 1. The molecule has 3 aromatic rings. The Labute approximate surface area is 141 Å². The standard InChI is InChI=1S/C16H15FN6O2/c1-11-6-8-23(13-4-2-12(17)3-5-13)16(25)14(11)15(24)18-7-9-22-10-19-20-21-22/h2-6,8,10H,7,9H2,1H3,(H,18,24). The van der Waals surface area contributed by atoms with E-state index in [4.69, 9.17) is 0 Å². The zero-order valence-corrected chi connectivity index (χ0v) is 13.4. The number of nitrogens with zero attached hydrogens (tertiary/aromatic N) is 5. The molecule has 128 valence electrons. The minimum atomic E-state index is -0.480. The van der Waals surface area contributed by atoms with Crippen LogP contribution in [0, 0.1) is 12.7 Å². The largest absolute Gasteiger partial charge is 0.350 e. The summed E-state index contributed by atoms with van der Waals surface area (Å²) in [6.07, 6.45) is 2.99. The van der Waals surface area contributed by atoms with E-state index in [9.17, 15) is 14.0 Å². The maximum absolute atomic E-state index is 13.1. The Bertz CT molecular complexity index is 934. The smallest absolute Gasteiger partial charge is 0.268 e. The predicted octanol–water partition coefficient (Wildman–Crippen LogP) is 0.702. The Hall–Kier alpha value is -3.36. The summed E-state index contributed by atoms with van der Waals surface area (Å²) in [5, 5.41) is 13.4. The van der Waals surface area contributed by atoms with Gasteiger partial charge < -0.3 is 5.32 Å². The van der Waals surface area contributed by atoms with Gasteiger partial charge in [0.15, 0.2) is 0 Å². The molecular weight excluding hydrogens is 327 g/mol. The second-order valence-electron chi connectivity index (χ2n) is 5.35. The van der Waals surface area contributed by atoms with E-state index in [0.29, 0.717) is 17.8 Å². The summed E-state index contributed by atoms with van der Waals surface area (Å²) in [7, 11) is 0. The molecule has 0 aliphatic heterocycles. The van der Waals surface area contributed by atoms with Gasteiger partial charge in [0, 0.05) is 18.4 Å². The summed E-state index contributed by atoms with van der Waals surface area (Å²) in [6, 6.07) is 7.14. The van der Waals surface area contributed by atoms with Crippen LogP contribution in [0.1, 0.15) is 15.9 Å². The summed E-state index contributed by atoms with van der Waals surface area (Å²) >= 11 is 0. The van der Waals surface area contributed by atoms with Gasteiger partial charge in [-0.2, -0.15) is 0 Å². The first-order chi connectivity index (χ1) is 12.1. The fourth-order valence-corrected chi connectivity index (χ4v) is 2.36. The molecule has 0 aliphatic carbocycles. The van der Waals surface area contributed by atoms with Crippen LogP contribution in [-0.4, -0.2) is 37.2 Å². The number of amides is 1. The first-order valence-electron chi connectivity index (χ1n) is 7.53. The molecule has 9 heteroatoms. The van der Waals surface area contributed by atoms with E-state index in [2.05, 4.69) is 20.8 Å². The molecule has 0 saturated carbocycles. The molecule has 25 heavy (non-hydrogen) atoms. The number of carbonyl (C=O) groups is 1. The lowest BCUT2D eigenvalue weighted by atomic mass is 10.1. The van der Waals surface area contributed by atoms with Crippen molar-refractivity contribution in [2.75, 3.05) is 6.54 Å². The van der Waals surface area contributed by atoms with Crippen LogP contribution in [0.25, 0.3) is 5.69 Å². The van der Waals surface area contributed by atoms with Gasteiger partial charge in [-0.15, -0.1) is 5.10 Å². The number of hydrogen-bond donors (Lipinski definition) is 1. The monoisotopic (exact) mass is 342 g/mol. The zero-order valence-electron chi connectivity index (χ0n) is 13.4. The highest BCUT2D eigenvalue weighted by atomic mass is 19.1. The molecule has 1 amide bonds. The number of nitrogens with one attached hydrogen (secondary N) is 1. The molecule has 0 spiro atoms. The van der Waals surface area contributed by atoms with Crippen molar-refractivity contribution in [2.45, 2.75) is 13.5 Å². The molecule has 1 aromatic carbocycles. The molecule has 0 fully saturated rings. The highest BCUT2D eigenvalue weighted by Gasteiger charge is 2.16. The zero-order chi connectivity index (χ0) is 17.8. The number of benzene rings is 1. The third-order valence-corrected chi connectivity index (χ3v) is 3.65. The molecule has 1 N–H and O–H groups in total. The number of hydrogen-bond acceptors (Lipinski definition) is 5. The lowest BCUT2D eigenvalue weighted by molar-refractivity contribution is 0.0949. The van der Waals surface area contributed by atoms with E-state index in [-0.39, 0.29) is 12.1 Å². The molecule has 8 nitrogen and oxygen atoms in total.